The highest BCUT2D eigenvalue weighted by molar-refractivity contribution is 5.33. The van der Waals surface area contributed by atoms with Crippen molar-refractivity contribution in [3.8, 4) is 0 Å². The molecule has 0 saturated carbocycles. The molecule has 1 N–H and O–H groups in total. The van der Waals surface area contributed by atoms with Gasteiger partial charge in [-0.25, -0.2) is 8.78 Å². The maximum absolute atomic E-state index is 12.4. The molecule has 0 spiro atoms. The zero-order valence-corrected chi connectivity index (χ0v) is 7.22. The lowest BCUT2D eigenvalue weighted by atomic mass is 10.1. The van der Waals surface area contributed by atoms with E-state index < -0.39 is 36.0 Å². The molecule has 7 heteroatoms. The van der Waals surface area contributed by atoms with E-state index in [1.165, 1.54) is 0 Å². The number of aliphatic hydroxyl groups is 1. The summed E-state index contributed by atoms with van der Waals surface area (Å²) in [6.07, 6.45) is -7.46. The maximum atomic E-state index is 12.4. The quantitative estimate of drug-likeness (QED) is 0.787. The monoisotopic (exact) mass is 227 g/mol. The van der Waals surface area contributed by atoms with Gasteiger partial charge in [0.25, 0.3) is 6.43 Å². The first-order valence-electron chi connectivity index (χ1n) is 3.82. The van der Waals surface area contributed by atoms with E-state index >= 15 is 0 Å². The average molecular weight is 227 g/mol. The Labute approximate surface area is 81.4 Å². The van der Waals surface area contributed by atoms with Gasteiger partial charge in [-0.15, -0.1) is 0 Å². The molecule has 15 heavy (non-hydrogen) atoms. The van der Waals surface area contributed by atoms with Gasteiger partial charge in [-0.1, -0.05) is 0 Å². The van der Waals surface area contributed by atoms with Crippen LogP contribution in [0.25, 0.3) is 0 Å². The molecule has 0 aliphatic rings. The van der Waals surface area contributed by atoms with Crippen LogP contribution in [-0.2, 0) is 12.8 Å². The summed E-state index contributed by atoms with van der Waals surface area (Å²) in [6, 6.07) is 0.459. The van der Waals surface area contributed by atoms with Crippen molar-refractivity contribution in [3.05, 3.63) is 29.1 Å². The molecular weight excluding hydrogens is 221 g/mol. The molecule has 0 atom stereocenters. The number of pyridine rings is 1. The molecule has 1 heterocycles. The Morgan fingerprint density at radius 1 is 1.33 bits per heavy atom. The minimum Gasteiger partial charge on any atom is -0.390 e. The molecule has 1 aromatic rings. The van der Waals surface area contributed by atoms with Crippen LogP contribution in [0, 0.1) is 0 Å². The smallest absolute Gasteiger partial charge is 0.390 e. The fourth-order valence-corrected chi connectivity index (χ4v) is 1.13. The van der Waals surface area contributed by atoms with Crippen molar-refractivity contribution in [2.45, 2.75) is 19.2 Å². The number of hydrogen-bond acceptors (Lipinski definition) is 2. The number of alkyl halides is 5. The van der Waals surface area contributed by atoms with Crippen molar-refractivity contribution in [1.29, 1.82) is 0 Å². The molecular formula is C8H6F5NO. The number of halogens is 5. The van der Waals surface area contributed by atoms with Gasteiger partial charge >= 0.3 is 6.18 Å². The molecule has 1 rings (SSSR count). The first-order chi connectivity index (χ1) is 6.88. The molecule has 2 nitrogen and oxygen atoms in total. The third kappa shape index (κ3) is 2.41. The molecule has 0 fully saturated rings. The summed E-state index contributed by atoms with van der Waals surface area (Å²) >= 11 is 0. The Morgan fingerprint density at radius 2 is 1.93 bits per heavy atom. The maximum Gasteiger partial charge on any atom is 0.417 e. The first-order valence-corrected chi connectivity index (χ1v) is 3.82. The second kappa shape index (κ2) is 4.09. The number of aromatic nitrogens is 1. The zero-order chi connectivity index (χ0) is 11.6. The van der Waals surface area contributed by atoms with Crippen molar-refractivity contribution in [1.82, 2.24) is 4.98 Å². The molecule has 0 unspecified atom stereocenters. The second-order valence-electron chi connectivity index (χ2n) is 2.68. The van der Waals surface area contributed by atoms with E-state index in [0.717, 1.165) is 6.20 Å². The van der Waals surface area contributed by atoms with E-state index in [9.17, 15) is 22.0 Å². The number of hydrogen-bond donors (Lipinski definition) is 1. The van der Waals surface area contributed by atoms with E-state index in [1.807, 2.05) is 0 Å². The van der Waals surface area contributed by atoms with E-state index in [-0.39, 0.29) is 0 Å². The Kier molecular flexibility index (Phi) is 3.23. The molecule has 0 saturated heterocycles. The van der Waals surface area contributed by atoms with Crippen LogP contribution >= 0.6 is 0 Å². The molecule has 84 valence electrons. The lowest BCUT2D eigenvalue weighted by molar-refractivity contribution is -0.139. The predicted octanol–water partition coefficient (Wildman–Crippen LogP) is 2.53. The second-order valence-corrected chi connectivity index (χ2v) is 2.68. The lowest BCUT2D eigenvalue weighted by Crippen LogP contribution is -2.13. The minimum absolute atomic E-state index is 0.459. The van der Waals surface area contributed by atoms with Gasteiger partial charge in [0, 0.05) is 6.20 Å². The topological polar surface area (TPSA) is 33.1 Å². The van der Waals surface area contributed by atoms with Crippen molar-refractivity contribution in [2.75, 3.05) is 0 Å². The summed E-state index contributed by atoms with van der Waals surface area (Å²) < 4.78 is 61.6. The molecule has 0 aliphatic heterocycles. The lowest BCUT2D eigenvalue weighted by Gasteiger charge is -2.14. The van der Waals surface area contributed by atoms with Crippen molar-refractivity contribution < 1.29 is 27.1 Å². The first kappa shape index (κ1) is 11.8. The molecule has 0 radical (unpaired) electrons. The van der Waals surface area contributed by atoms with Crippen LogP contribution in [0.2, 0.25) is 0 Å². The van der Waals surface area contributed by atoms with Crippen LogP contribution < -0.4 is 0 Å². The van der Waals surface area contributed by atoms with Crippen LogP contribution in [0.15, 0.2) is 12.3 Å². The average Bonchev–Trinajstić information content (AvgIpc) is 2.15. The summed E-state index contributed by atoms with van der Waals surface area (Å²) in [6.45, 7) is -0.955. The van der Waals surface area contributed by atoms with Gasteiger partial charge in [0.2, 0.25) is 0 Å². The van der Waals surface area contributed by atoms with Crippen LogP contribution in [0.3, 0.4) is 0 Å². The number of aliphatic hydroxyl groups excluding tert-OH is 1. The Bertz CT molecular complexity index is 349. The molecule has 0 amide bonds. The van der Waals surface area contributed by atoms with Crippen LogP contribution in [0.4, 0.5) is 22.0 Å². The highest BCUT2D eigenvalue weighted by Crippen LogP contribution is 2.37. The van der Waals surface area contributed by atoms with E-state index in [2.05, 4.69) is 4.98 Å². The zero-order valence-electron chi connectivity index (χ0n) is 7.22. The highest BCUT2D eigenvalue weighted by atomic mass is 19.4. The Morgan fingerprint density at radius 3 is 2.33 bits per heavy atom. The van der Waals surface area contributed by atoms with Gasteiger partial charge in [0.15, 0.2) is 0 Å². The fourth-order valence-electron chi connectivity index (χ4n) is 1.13. The predicted molar refractivity (Wildman–Crippen MR) is 40.1 cm³/mol. The van der Waals surface area contributed by atoms with Crippen molar-refractivity contribution in [3.63, 3.8) is 0 Å². The Balaban J connectivity index is 3.39. The SMILES string of the molecule is OCc1nccc(C(F)(F)F)c1C(F)F. The summed E-state index contributed by atoms with van der Waals surface area (Å²) in [5.41, 5.74) is -3.37. The largest absolute Gasteiger partial charge is 0.417 e. The van der Waals surface area contributed by atoms with Crippen LogP contribution in [0.5, 0.6) is 0 Å². The van der Waals surface area contributed by atoms with Crippen molar-refractivity contribution in [2.24, 2.45) is 0 Å². The third-order valence-corrected chi connectivity index (χ3v) is 1.75. The van der Waals surface area contributed by atoms with Gasteiger partial charge in [0.1, 0.15) is 0 Å². The van der Waals surface area contributed by atoms with Gasteiger partial charge < -0.3 is 5.11 Å². The van der Waals surface area contributed by atoms with Gasteiger partial charge in [0.05, 0.1) is 23.4 Å². The van der Waals surface area contributed by atoms with E-state index in [1.54, 1.807) is 0 Å². The normalized spacial score (nSPS) is 12.2. The molecule has 0 bridgehead atoms. The molecule has 1 aromatic heterocycles. The highest BCUT2D eigenvalue weighted by Gasteiger charge is 2.37. The fraction of sp³-hybridized carbons (Fsp3) is 0.375. The van der Waals surface area contributed by atoms with Gasteiger partial charge in [-0.05, 0) is 6.07 Å². The molecule has 0 aromatic carbocycles. The van der Waals surface area contributed by atoms with Crippen LogP contribution in [-0.4, -0.2) is 10.1 Å². The number of nitrogens with zero attached hydrogens (tertiary/aromatic N) is 1. The van der Waals surface area contributed by atoms with Gasteiger partial charge in [-0.2, -0.15) is 13.2 Å². The van der Waals surface area contributed by atoms with E-state index in [0.29, 0.717) is 6.07 Å². The van der Waals surface area contributed by atoms with Gasteiger partial charge in [-0.3, -0.25) is 4.98 Å². The minimum atomic E-state index is -4.88. The summed E-state index contributed by atoms with van der Waals surface area (Å²) in [4.78, 5) is 3.26. The standard InChI is InChI=1S/C8H6F5NO/c9-7(10)6-4(8(11,12)13)1-2-14-5(6)3-15/h1-2,7,15H,3H2. The summed E-state index contributed by atoms with van der Waals surface area (Å²) in [5.74, 6) is 0. The van der Waals surface area contributed by atoms with Crippen LogP contribution in [0.1, 0.15) is 23.2 Å². The molecule has 0 aliphatic carbocycles. The number of rotatable bonds is 2. The summed E-state index contributed by atoms with van der Waals surface area (Å²) in [5, 5.41) is 8.59. The Hall–Kier alpha value is -1.24. The summed E-state index contributed by atoms with van der Waals surface area (Å²) in [7, 11) is 0. The van der Waals surface area contributed by atoms with E-state index in [4.69, 9.17) is 5.11 Å². The third-order valence-electron chi connectivity index (χ3n) is 1.75. The van der Waals surface area contributed by atoms with Crippen molar-refractivity contribution >= 4 is 0 Å².